The summed E-state index contributed by atoms with van der Waals surface area (Å²) in [4.78, 5) is 12.5. The number of fused-ring (bicyclic) bond motifs is 1. The van der Waals surface area contributed by atoms with Crippen molar-refractivity contribution in [3.8, 4) is 5.75 Å². The third-order valence-electron chi connectivity index (χ3n) is 5.80. The highest BCUT2D eigenvalue weighted by atomic mass is 31.2. The first-order valence-corrected chi connectivity index (χ1v) is 14.3. The third-order valence-corrected chi connectivity index (χ3v) is 8.06. The highest BCUT2D eigenvalue weighted by Gasteiger charge is 2.29. The van der Waals surface area contributed by atoms with Crippen molar-refractivity contribution in [2.75, 3.05) is 24.9 Å². The summed E-state index contributed by atoms with van der Waals surface area (Å²) in [7, 11) is -3.19. The number of benzene rings is 2. The van der Waals surface area contributed by atoms with Crippen LogP contribution in [0.25, 0.3) is 11.2 Å². The van der Waals surface area contributed by atoms with Gasteiger partial charge in [0.2, 0.25) is 0 Å². The van der Waals surface area contributed by atoms with Crippen LogP contribution >= 0.6 is 7.37 Å². The largest absolute Gasteiger partial charge is 0.441 e. The average Bonchev–Trinajstić information content (AvgIpc) is 3.27. The Kier molecular flexibility index (Phi) is 8.92. The molecule has 9 nitrogen and oxygen atoms in total. The lowest BCUT2D eigenvalue weighted by atomic mass is 10.1. The molecule has 0 amide bonds. The molecule has 0 bridgehead atoms. The van der Waals surface area contributed by atoms with E-state index in [0.29, 0.717) is 48.7 Å². The fourth-order valence-corrected chi connectivity index (χ4v) is 6.38. The number of aromatic nitrogens is 4. The second kappa shape index (κ2) is 12.3. The van der Waals surface area contributed by atoms with Crippen LogP contribution in [0.4, 0.5) is 5.82 Å². The zero-order valence-corrected chi connectivity index (χ0v) is 22.4. The van der Waals surface area contributed by atoms with Crippen LogP contribution in [0.3, 0.4) is 0 Å². The van der Waals surface area contributed by atoms with Crippen LogP contribution in [0.1, 0.15) is 25.0 Å². The number of imidazole rings is 1. The molecule has 0 aliphatic carbocycles. The summed E-state index contributed by atoms with van der Waals surface area (Å²) >= 11 is 0. The fraction of sp³-hybridized carbons (Fsp3) is 0.370. The molecule has 0 aliphatic rings. The van der Waals surface area contributed by atoms with Crippen LogP contribution in [0.2, 0.25) is 0 Å². The molecule has 2 N–H and O–H groups in total. The van der Waals surface area contributed by atoms with E-state index in [1.54, 1.807) is 18.5 Å². The number of nitrogens with zero attached hydrogens (tertiary/aromatic N) is 4. The Morgan fingerprint density at radius 2 is 1.86 bits per heavy atom. The summed E-state index contributed by atoms with van der Waals surface area (Å²) in [5, 5.41) is 0. The van der Waals surface area contributed by atoms with Gasteiger partial charge in [0.25, 0.3) is 7.37 Å². The number of rotatable bonds is 13. The monoisotopic (exact) mass is 523 g/mol. The van der Waals surface area contributed by atoms with E-state index in [1.165, 1.54) is 11.9 Å². The van der Waals surface area contributed by atoms with Gasteiger partial charge < -0.3 is 24.3 Å². The molecule has 0 radical (unpaired) electrons. The number of hydrogen-bond acceptors (Lipinski definition) is 8. The molecule has 37 heavy (non-hydrogen) atoms. The van der Waals surface area contributed by atoms with Gasteiger partial charge in [0.05, 0.1) is 32.2 Å². The number of aryl methyl sites for hydroxylation is 1. The maximum Gasteiger partial charge on any atom is 0.273 e. The van der Waals surface area contributed by atoms with Crippen molar-refractivity contribution >= 4 is 24.4 Å². The number of hydrogen-bond donors (Lipinski definition) is 1. The molecule has 2 unspecified atom stereocenters. The molecule has 2 aromatic heterocycles. The quantitative estimate of drug-likeness (QED) is 0.235. The molecule has 3 atom stereocenters. The number of para-hydroxylation sites is 1. The van der Waals surface area contributed by atoms with Crippen molar-refractivity contribution in [1.29, 1.82) is 0 Å². The minimum Gasteiger partial charge on any atom is -0.441 e. The Balaban J connectivity index is 1.37. The Bertz CT molecular complexity index is 1350. The minimum absolute atomic E-state index is 0.00975. The van der Waals surface area contributed by atoms with E-state index in [0.717, 1.165) is 5.56 Å². The highest BCUT2D eigenvalue weighted by molar-refractivity contribution is 7.59. The number of nitrogens with two attached hydrogens (primary N) is 1. The molecule has 4 rings (SSSR count). The molecule has 0 spiro atoms. The summed E-state index contributed by atoms with van der Waals surface area (Å²) in [5.41, 5.74) is 9.38. The van der Waals surface area contributed by atoms with Crippen molar-refractivity contribution < 1.29 is 18.6 Å². The van der Waals surface area contributed by atoms with Gasteiger partial charge in [-0.3, -0.25) is 4.57 Å². The van der Waals surface area contributed by atoms with Gasteiger partial charge in [-0.05, 0) is 37.5 Å². The third kappa shape index (κ3) is 7.61. The van der Waals surface area contributed by atoms with Crippen LogP contribution < -0.4 is 10.3 Å². The van der Waals surface area contributed by atoms with Gasteiger partial charge in [0, 0.05) is 6.16 Å². The number of ether oxygens (including phenoxy) is 2. The summed E-state index contributed by atoms with van der Waals surface area (Å²) in [5.74, 6) is 0.898. The van der Waals surface area contributed by atoms with E-state index in [1.807, 2.05) is 48.7 Å². The van der Waals surface area contributed by atoms with Gasteiger partial charge in [-0.2, -0.15) is 0 Å². The van der Waals surface area contributed by atoms with Crippen LogP contribution in [0, 0.1) is 12.8 Å². The number of anilines is 1. The summed E-state index contributed by atoms with van der Waals surface area (Å²) in [6.07, 6.45) is 3.11. The maximum absolute atomic E-state index is 14.0. The maximum atomic E-state index is 14.0. The van der Waals surface area contributed by atoms with E-state index in [4.69, 9.17) is 19.7 Å². The Hall–Kier alpha value is -3.26. The van der Waals surface area contributed by atoms with E-state index >= 15 is 0 Å². The van der Waals surface area contributed by atoms with Crippen LogP contribution in [0.5, 0.6) is 5.75 Å². The second-order valence-electron chi connectivity index (χ2n) is 9.45. The van der Waals surface area contributed by atoms with Gasteiger partial charge >= 0.3 is 0 Å². The van der Waals surface area contributed by atoms with Crippen LogP contribution in [0.15, 0.2) is 67.3 Å². The Morgan fingerprint density at radius 3 is 2.65 bits per heavy atom. The molecular formula is C27H34N5O4P. The molecule has 2 aromatic carbocycles. The van der Waals surface area contributed by atoms with Gasteiger partial charge in [0.15, 0.2) is 11.5 Å². The smallest absolute Gasteiger partial charge is 0.273 e. The first-order chi connectivity index (χ1) is 17.8. The van der Waals surface area contributed by atoms with E-state index < -0.39 is 7.37 Å². The zero-order chi connectivity index (χ0) is 26.3. The lowest BCUT2D eigenvalue weighted by Crippen LogP contribution is -2.21. The Labute approximate surface area is 217 Å². The normalized spacial score (nSPS) is 14.8. The summed E-state index contributed by atoms with van der Waals surface area (Å²) in [6, 6.07) is 17.4. The molecule has 0 fully saturated rings. The lowest BCUT2D eigenvalue weighted by molar-refractivity contribution is 0.0803. The Morgan fingerprint density at radius 1 is 1.05 bits per heavy atom. The molecule has 0 saturated heterocycles. The van der Waals surface area contributed by atoms with Crippen molar-refractivity contribution in [3.05, 3.63) is 78.4 Å². The topological polar surface area (TPSA) is 114 Å². The van der Waals surface area contributed by atoms with Crippen molar-refractivity contribution in [2.24, 2.45) is 5.92 Å². The predicted molar refractivity (Wildman–Crippen MR) is 145 cm³/mol. The molecular weight excluding hydrogens is 489 g/mol. The molecule has 10 heteroatoms. The first kappa shape index (κ1) is 26.8. The van der Waals surface area contributed by atoms with Gasteiger partial charge in [0.1, 0.15) is 23.9 Å². The van der Waals surface area contributed by atoms with Crippen LogP contribution in [-0.4, -0.2) is 44.7 Å². The van der Waals surface area contributed by atoms with E-state index in [9.17, 15) is 4.57 Å². The van der Waals surface area contributed by atoms with E-state index in [2.05, 4.69) is 34.0 Å². The van der Waals surface area contributed by atoms with Gasteiger partial charge in [-0.1, -0.05) is 55.0 Å². The van der Waals surface area contributed by atoms with Gasteiger partial charge in [-0.15, -0.1) is 0 Å². The van der Waals surface area contributed by atoms with E-state index in [-0.39, 0.29) is 18.4 Å². The summed E-state index contributed by atoms with van der Waals surface area (Å²) < 4.78 is 33.9. The molecule has 196 valence electrons. The minimum atomic E-state index is -3.19. The molecule has 0 aliphatic heterocycles. The fourth-order valence-electron chi connectivity index (χ4n) is 4.10. The molecule has 0 saturated carbocycles. The zero-order valence-electron chi connectivity index (χ0n) is 21.5. The van der Waals surface area contributed by atoms with Crippen LogP contribution in [-0.2, 0) is 27.2 Å². The van der Waals surface area contributed by atoms with Crippen molar-refractivity contribution in [2.45, 2.75) is 40.0 Å². The standard InChI is InChI=1S/C27H34N5O4P/c1-20-8-7-9-23(12-20)15-34-14-21(2)16-37(33,36-24-10-5-4-6-11-24)19-35-22(3)13-32-18-31-25-26(28)29-17-30-27(25)32/h4-12,17-18,21-22H,13-16,19H2,1-3H3,(H2,28,29,30)/t21?,22-,37?/m1/s1. The average molecular weight is 524 g/mol. The molecule has 4 aromatic rings. The SMILES string of the molecule is Cc1cccc(COCC(C)CP(=O)(CO[C@H](C)Cn2cnc3c(N)ncnc32)Oc2ccccc2)c1. The molecule has 2 heterocycles. The predicted octanol–water partition coefficient (Wildman–Crippen LogP) is 5.29. The highest BCUT2D eigenvalue weighted by Crippen LogP contribution is 2.49. The van der Waals surface area contributed by atoms with Crippen molar-refractivity contribution in [3.63, 3.8) is 0 Å². The number of nitrogen functional groups attached to an aromatic ring is 1. The summed E-state index contributed by atoms with van der Waals surface area (Å²) in [6.45, 7) is 7.43. The van der Waals surface area contributed by atoms with Crippen molar-refractivity contribution in [1.82, 2.24) is 19.5 Å². The first-order valence-electron chi connectivity index (χ1n) is 12.3. The lowest BCUT2D eigenvalue weighted by Gasteiger charge is -2.24. The van der Waals surface area contributed by atoms with Gasteiger partial charge in [-0.25, -0.2) is 15.0 Å². The second-order valence-corrected chi connectivity index (χ2v) is 11.9.